The third kappa shape index (κ3) is 3.45. The molecule has 0 fully saturated rings. The Morgan fingerprint density at radius 3 is 2.91 bits per heavy atom. The maximum Gasteiger partial charge on any atom is 0.275 e. The van der Waals surface area contributed by atoms with Crippen molar-refractivity contribution in [2.75, 3.05) is 20.3 Å². The van der Waals surface area contributed by atoms with E-state index in [4.69, 9.17) is 16.3 Å². The van der Waals surface area contributed by atoms with Crippen LogP contribution in [-0.2, 0) is 11.3 Å². The number of methoxy groups -OCH3 is 1. The van der Waals surface area contributed by atoms with Crippen LogP contribution in [0.1, 0.15) is 23.8 Å². The first-order valence-electron chi connectivity index (χ1n) is 7.06. The second-order valence-corrected chi connectivity index (χ2v) is 5.19. The van der Waals surface area contributed by atoms with E-state index >= 15 is 0 Å². The number of aromatic nitrogens is 2. The van der Waals surface area contributed by atoms with Crippen molar-refractivity contribution < 1.29 is 9.53 Å². The van der Waals surface area contributed by atoms with E-state index < -0.39 is 11.3 Å². The van der Waals surface area contributed by atoms with Gasteiger partial charge in [0, 0.05) is 31.8 Å². The zero-order chi connectivity index (χ0) is 16.1. The molecule has 1 aromatic heterocycles. The van der Waals surface area contributed by atoms with Gasteiger partial charge in [0.15, 0.2) is 5.69 Å². The van der Waals surface area contributed by atoms with Gasteiger partial charge < -0.3 is 10.1 Å². The van der Waals surface area contributed by atoms with Crippen LogP contribution < -0.4 is 10.7 Å². The van der Waals surface area contributed by atoms with E-state index in [0.717, 1.165) is 0 Å². The van der Waals surface area contributed by atoms with Gasteiger partial charge in [-0.15, -0.1) is 0 Å². The van der Waals surface area contributed by atoms with Crippen molar-refractivity contribution in [3.05, 3.63) is 39.1 Å². The molecule has 1 heterocycles. The molecule has 0 saturated carbocycles. The lowest BCUT2D eigenvalue weighted by molar-refractivity contribution is 0.0940. The highest BCUT2D eigenvalue weighted by atomic mass is 35.5. The lowest BCUT2D eigenvalue weighted by Crippen LogP contribution is -2.33. The molecule has 0 radical (unpaired) electrons. The van der Waals surface area contributed by atoms with E-state index in [0.29, 0.717) is 42.0 Å². The molecule has 0 saturated heterocycles. The molecule has 0 unspecified atom stereocenters. The maximum atomic E-state index is 12.5. The van der Waals surface area contributed by atoms with Gasteiger partial charge in [0.2, 0.25) is 5.43 Å². The quantitative estimate of drug-likeness (QED) is 0.823. The van der Waals surface area contributed by atoms with Crippen molar-refractivity contribution in [1.29, 1.82) is 0 Å². The Hall–Kier alpha value is -1.92. The van der Waals surface area contributed by atoms with Crippen LogP contribution in [0.4, 0.5) is 0 Å². The van der Waals surface area contributed by atoms with Crippen molar-refractivity contribution in [2.24, 2.45) is 0 Å². The van der Waals surface area contributed by atoms with Gasteiger partial charge in [0.25, 0.3) is 5.91 Å². The molecule has 2 aromatic rings. The molecular formula is C15H18ClN3O3. The first kappa shape index (κ1) is 16.5. The van der Waals surface area contributed by atoms with Gasteiger partial charge in [-0.2, -0.15) is 5.10 Å². The van der Waals surface area contributed by atoms with Crippen LogP contribution in [0.3, 0.4) is 0 Å². The molecule has 0 spiro atoms. The molecule has 1 amide bonds. The summed E-state index contributed by atoms with van der Waals surface area (Å²) in [6, 6.07) is 4.99. The summed E-state index contributed by atoms with van der Waals surface area (Å²) in [6.45, 7) is 3.40. The Labute approximate surface area is 133 Å². The van der Waals surface area contributed by atoms with Crippen LogP contribution in [-0.4, -0.2) is 35.9 Å². The molecular weight excluding hydrogens is 306 g/mol. The summed E-state index contributed by atoms with van der Waals surface area (Å²) in [4.78, 5) is 24.6. The summed E-state index contributed by atoms with van der Waals surface area (Å²) < 4.78 is 6.54. The Kier molecular flexibility index (Phi) is 5.51. The number of benzene rings is 1. The first-order chi connectivity index (χ1) is 10.6. The molecule has 1 aromatic carbocycles. The molecule has 0 aliphatic carbocycles. The molecule has 6 nitrogen and oxygen atoms in total. The van der Waals surface area contributed by atoms with E-state index in [1.54, 1.807) is 30.0 Å². The lowest BCUT2D eigenvalue weighted by Gasteiger charge is -2.10. The highest BCUT2D eigenvalue weighted by Gasteiger charge is 2.16. The first-order valence-corrected chi connectivity index (χ1v) is 7.43. The molecule has 0 aliphatic heterocycles. The van der Waals surface area contributed by atoms with E-state index in [-0.39, 0.29) is 5.69 Å². The minimum absolute atomic E-state index is 0.117. The second kappa shape index (κ2) is 7.38. The number of ether oxygens (including phenoxy) is 1. The fourth-order valence-electron chi connectivity index (χ4n) is 2.15. The summed E-state index contributed by atoms with van der Waals surface area (Å²) >= 11 is 5.95. The van der Waals surface area contributed by atoms with Gasteiger partial charge in [0.05, 0.1) is 10.9 Å². The number of nitrogens with one attached hydrogen (secondary N) is 1. The third-order valence-electron chi connectivity index (χ3n) is 3.24. The predicted octanol–water partition coefficient (Wildman–Crippen LogP) is 1.84. The standard InChI is InChI=1S/C15H18ClN3O3/c1-3-19-12-6-5-10(16)9-11(12)14(20)13(18-19)15(21)17-7-4-8-22-2/h5-6,9H,3-4,7-8H2,1-2H3,(H,17,21). The topological polar surface area (TPSA) is 73.2 Å². The monoisotopic (exact) mass is 323 g/mol. The van der Waals surface area contributed by atoms with Crippen LogP contribution in [0.5, 0.6) is 0 Å². The highest BCUT2D eigenvalue weighted by molar-refractivity contribution is 6.31. The van der Waals surface area contributed by atoms with Crippen LogP contribution in [0.15, 0.2) is 23.0 Å². The van der Waals surface area contributed by atoms with Gasteiger partial charge in [0.1, 0.15) is 0 Å². The average Bonchev–Trinajstić information content (AvgIpc) is 2.52. The maximum absolute atomic E-state index is 12.5. The number of hydrogen-bond acceptors (Lipinski definition) is 4. The minimum atomic E-state index is -0.481. The third-order valence-corrected chi connectivity index (χ3v) is 3.48. The molecule has 7 heteroatoms. The Bertz CT molecular complexity index is 743. The van der Waals surface area contributed by atoms with Crippen LogP contribution >= 0.6 is 11.6 Å². The fraction of sp³-hybridized carbons (Fsp3) is 0.400. The summed E-state index contributed by atoms with van der Waals surface area (Å²) in [5.41, 5.74) is 0.133. The fourth-order valence-corrected chi connectivity index (χ4v) is 2.33. The molecule has 2 rings (SSSR count). The predicted molar refractivity (Wildman–Crippen MR) is 85.5 cm³/mol. The number of carbonyl (C=O) groups is 1. The number of rotatable bonds is 6. The van der Waals surface area contributed by atoms with Crippen molar-refractivity contribution in [3.8, 4) is 0 Å². The van der Waals surface area contributed by atoms with Gasteiger partial charge >= 0.3 is 0 Å². The largest absolute Gasteiger partial charge is 0.385 e. The number of amides is 1. The summed E-state index contributed by atoms with van der Waals surface area (Å²) in [7, 11) is 1.59. The van der Waals surface area contributed by atoms with Crippen molar-refractivity contribution in [2.45, 2.75) is 19.9 Å². The van der Waals surface area contributed by atoms with E-state index in [1.165, 1.54) is 0 Å². The van der Waals surface area contributed by atoms with E-state index in [2.05, 4.69) is 10.4 Å². The molecule has 1 N–H and O–H groups in total. The summed E-state index contributed by atoms with van der Waals surface area (Å²) in [5.74, 6) is -0.481. The molecule has 22 heavy (non-hydrogen) atoms. The number of hydrogen-bond donors (Lipinski definition) is 1. The smallest absolute Gasteiger partial charge is 0.275 e. The number of aryl methyl sites for hydroxylation is 1. The van der Waals surface area contributed by atoms with Crippen LogP contribution in [0, 0.1) is 0 Å². The normalized spacial score (nSPS) is 10.9. The zero-order valence-corrected chi connectivity index (χ0v) is 13.3. The van der Waals surface area contributed by atoms with Gasteiger partial charge in [-0.1, -0.05) is 11.6 Å². The van der Waals surface area contributed by atoms with Gasteiger partial charge in [-0.3, -0.25) is 14.3 Å². The van der Waals surface area contributed by atoms with E-state index in [1.807, 2.05) is 6.92 Å². The van der Waals surface area contributed by atoms with Gasteiger partial charge in [-0.05, 0) is 31.5 Å². The molecule has 0 aliphatic rings. The van der Waals surface area contributed by atoms with Crippen molar-refractivity contribution >= 4 is 28.4 Å². The summed E-state index contributed by atoms with van der Waals surface area (Å²) in [6.07, 6.45) is 0.670. The summed E-state index contributed by atoms with van der Waals surface area (Å²) in [5, 5.41) is 7.69. The number of carbonyl (C=O) groups excluding carboxylic acids is 1. The highest BCUT2D eigenvalue weighted by Crippen LogP contribution is 2.16. The Morgan fingerprint density at radius 1 is 1.45 bits per heavy atom. The Balaban J connectivity index is 2.39. The zero-order valence-electron chi connectivity index (χ0n) is 12.6. The second-order valence-electron chi connectivity index (χ2n) is 4.76. The minimum Gasteiger partial charge on any atom is -0.385 e. The van der Waals surface area contributed by atoms with Gasteiger partial charge in [-0.25, -0.2) is 0 Å². The average molecular weight is 324 g/mol. The van der Waals surface area contributed by atoms with E-state index in [9.17, 15) is 9.59 Å². The lowest BCUT2D eigenvalue weighted by atomic mass is 10.2. The van der Waals surface area contributed by atoms with Crippen molar-refractivity contribution in [3.63, 3.8) is 0 Å². The van der Waals surface area contributed by atoms with Crippen molar-refractivity contribution in [1.82, 2.24) is 15.1 Å². The number of nitrogens with zero attached hydrogens (tertiary/aromatic N) is 2. The molecule has 118 valence electrons. The molecule has 0 atom stereocenters. The Morgan fingerprint density at radius 2 is 2.23 bits per heavy atom. The molecule has 0 bridgehead atoms. The number of halogens is 1. The SMILES string of the molecule is CCn1nc(C(=O)NCCCOC)c(=O)c2cc(Cl)ccc21. The van der Waals surface area contributed by atoms with Crippen LogP contribution in [0.2, 0.25) is 5.02 Å². The number of fused-ring (bicyclic) bond motifs is 1. The van der Waals surface area contributed by atoms with Crippen LogP contribution in [0.25, 0.3) is 10.9 Å².